The number of thiophene rings is 1. The normalized spacial score (nSPS) is 11.8. The van der Waals surface area contributed by atoms with E-state index in [4.69, 9.17) is 15.0 Å². The Hall–Kier alpha value is -8.26. The summed E-state index contributed by atoms with van der Waals surface area (Å²) in [7, 11) is 0. The van der Waals surface area contributed by atoms with Crippen LogP contribution in [0.15, 0.2) is 207 Å². The van der Waals surface area contributed by atoms with Crippen LogP contribution in [0.4, 0.5) is 0 Å². The Bertz CT molecular complexity index is 3860. The van der Waals surface area contributed by atoms with E-state index < -0.39 is 0 Å². The third kappa shape index (κ3) is 5.78. The van der Waals surface area contributed by atoms with Crippen molar-refractivity contribution >= 4 is 75.1 Å². The summed E-state index contributed by atoms with van der Waals surface area (Å²) in [5.41, 5.74) is 12.6. The molecule has 13 aromatic rings. The first kappa shape index (κ1) is 35.5. The van der Waals surface area contributed by atoms with Crippen LogP contribution in [0.2, 0.25) is 0 Å². The molecule has 0 fully saturated rings. The first-order valence-electron chi connectivity index (χ1n) is 21.0. The molecule has 0 spiro atoms. The molecule has 0 aliphatic carbocycles. The molecule has 6 aromatic heterocycles. The molecule has 0 saturated carbocycles. The zero-order valence-corrected chi connectivity index (χ0v) is 34.5. The van der Waals surface area contributed by atoms with Crippen molar-refractivity contribution in [3.05, 3.63) is 207 Å². The summed E-state index contributed by atoms with van der Waals surface area (Å²) in [4.78, 5) is 19.9. The lowest BCUT2D eigenvalue weighted by atomic mass is 10.0. The second kappa shape index (κ2) is 14.2. The van der Waals surface area contributed by atoms with Gasteiger partial charge < -0.3 is 4.57 Å². The summed E-state index contributed by atoms with van der Waals surface area (Å²) >= 11 is 1.81. The lowest BCUT2D eigenvalue weighted by molar-refractivity contribution is 1.08. The second-order valence-corrected chi connectivity index (χ2v) is 17.0. The van der Waals surface area contributed by atoms with Gasteiger partial charge in [-0.25, -0.2) is 15.0 Å². The van der Waals surface area contributed by atoms with Gasteiger partial charge in [0.2, 0.25) is 0 Å². The van der Waals surface area contributed by atoms with Gasteiger partial charge in [-0.3, -0.25) is 9.55 Å². The van der Waals surface area contributed by atoms with Crippen LogP contribution in [0, 0.1) is 0 Å². The number of hydrogen-bond acceptors (Lipinski definition) is 5. The fourth-order valence-electron chi connectivity index (χ4n) is 9.36. The Labute approximate surface area is 365 Å². The van der Waals surface area contributed by atoms with Gasteiger partial charge in [0.15, 0.2) is 5.82 Å². The van der Waals surface area contributed by atoms with Gasteiger partial charge >= 0.3 is 0 Å². The van der Waals surface area contributed by atoms with Crippen molar-refractivity contribution in [2.75, 3.05) is 0 Å². The van der Waals surface area contributed by atoms with Crippen LogP contribution in [0.25, 0.3) is 120 Å². The lowest BCUT2D eigenvalue weighted by Crippen LogP contribution is -2.00. The smallest absolute Gasteiger partial charge is 0.159 e. The first-order chi connectivity index (χ1) is 31.2. The van der Waals surface area contributed by atoms with Gasteiger partial charge in [-0.1, -0.05) is 109 Å². The molecule has 7 heteroatoms. The van der Waals surface area contributed by atoms with Crippen LogP contribution in [0.5, 0.6) is 0 Å². The Balaban J connectivity index is 0.942. The van der Waals surface area contributed by atoms with Gasteiger partial charge in [-0.05, 0) is 90.0 Å². The number of para-hydroxylation sites is 2. The molecule has 0 atom stereocenters. The van der Waals surface area contributed by atoms with Crippen LogP contribution < -0.4 is 0 Å². The minimum atomic E-state index is 0.676. The predicted octanol–water partition coefficient (Wildman–Crippen LogP) is 14.5. The monoisotopic (exact) mass is 822 g/mol. The number of benzene rings is 7. The highest BCUT2D eigenvalue weighted by Gasteiger charge is 2.19. The highest BCUT2D eigenvalue weighted by Crippen LogP contribution is 2.40. The highest BCUT2D eigenvalue weighted by atomic mass is 32.1. The quantitative estimate of drug-likeness (QED) is 0.168. The number of fused-ring (bicyclic) bond motifs is 9. The van der Waals surface area contributed by atoms with E-state index >= 15 is 0 Å². The molecule has 0 saturated heterocycles. The fourth-order valence-corrected chi connectivity index (χ4v) is 10.4. The summed E-state index contributed by atoms with van der Waals surface area (Å²) in [6.45, 7) is 0. The largest absolute Gasteiger partial charge is 0.309 e. The molecule has 0 radical (unpaired) electrons. The summed E-state index contributed by atoms with van der Waals surface area (Å²) in [5, 5.41) is 7.07. The molecule has 0 N–H and O–H groups in total. The van der Waals surface area contributed by atoms with E-state index in [1.807, 2.05) is 30.7 Å². The van der Waals surface area contributed by atoms with Crippen molar-refractivity contribution in [3.8, 4) is 56.5 Å². The topological polar surface area (TPSA) is 61.4 Å². The standard InChI is InChI=1S/C56H34N6S/c1-3-11-35(12-4-1)39-30-48(36-13-5-2-6-14-36)59-55(32-39)62-50-18-10-7-15-41(50)43-22-19-37(31-52(43)62)47-25-28-58-56(60-47)38-20-23-51-44(29-38)42-16-8-9-17-49(42)61(51)40-21-24-53-45(33-40)46-34-57-27-26-54(46)63-53/h1-34H. The Morgan fingerprint density at radius 1 is 0.365 bits per heavy atom. The highest BCUT2D eigenvalue weighted by molar-refractivity contribution is 7.25. The average molecular weight is 823 g/mol. The van der Waals surface area contributed by atoms with Gasteiger partial charge in [-0.15, -0.1) is 11.3 Å². The molecule has 13 rings (SSSR count). The number of hydrogen-bond donors (Lipinski definition) is 0. The van der Waals surface area contributed by atoms with E-state index in [1.165, 1.54) is 30.9 Å². The van der Waals surface area contributed by atoms with Gasteiger partial charge in [0.1, 0.15) is 5.82 Å². The lowest BCUT2D eigenvalue weighted by Gasteiger charge is -2.13. The molecule has 6 heterocycles. The molecular weight excluding hydrogens is 789 g/mol. The molecule has 294 valence electrons. The molecule has 0 aliphatic rings. The van der Waals surface area contributed by atoms with Crippen molar-refractivity contribution in [1.82, 2.24) is 29.1 Å². The zero-order valence-electron chi connectivity index (χ0n) is 33.7. The third-order valence-corrected chi connectivity index (χ3v) is 13.4. The van der Waals surface area contributed by atoms with Crippen LogP contribution in [-0.4, -0.2) is 29.1 Å². The Morgan fingerprint density at radius 2 is 1.06 bits per heavy atom. The maximum absolute atomic E-state index is 5.35. The summed E-state index contributed by atoms with van der Waals surface area (Å²) < 4.78 is 7.17. The molecule has 7 aromatic carbocycles. The molecule has 0 aliphatic heterocycles. The molecule has 63 heavy (non-hydrogen) atoms. The number of pyridine rings is 2. The van der Waals surface area contributed by atoms with Crippen LogP contribution in [0.1, 0.15) is 0 Å². The van der Waals surface area contributed by atoms with E-state index in [0.717, 1.165) is 83.5 Å². The van der Waals surface area contributed by atoms with Crippen molar-refractivity contribution in [2.24, 2.45) is 0 Å². The van der Waals surface area contributed by atoms with Gasteiger partial charge in [-0.2, -0.15) is 0 Å². The zero-order chi connectivity index (χ0) is 41.4. The molecular formula is C56H34N6S. The summed E-state index contributed by atoms with van der Waals surface area (Å²) in [6.07, 6.45) is 5.72. The third-order valence-electron chi connectivity index (χ3n) is 12.3. The number of aromatic nitrogens is 6. The van der Waals surface area contributed by atoms with Gasteiger partial charge in [0, 0.05) is 82.7 Å². The van der Waals surface area contributed by atoms with Crippen LogP contribution in [0.3, 0.4) is 0 Å². The molecule has 0 bridgehead atoms. The average Bonchev–Trinajstić information content (AvgIpc) is 4.01. The van der Waals surface area contributed by atoms with Gasteiger partial charge in [0.05, 0.1) is 33.5 Å². The maximum Gasteiger partial charge on any atom is 0.159 e. The minimum Gasteiger partial charge on any atom is -0.309 e. The van der Waals surface area contributed by atoms with Crippen LogP contribution >= 0.6 is 11.3 Å². The van der Waals surface area contributed by atoms with E-state index in [2.05, 4.69) is 190 Å². The van der Waals surface area contributed by atoms with Gasteiger partial charge in [0.25, 0.3) is 0 Å². The van der Waals surface area contributed by atoms with Crippen molar-refractivity contribution in [3.63, 3.8) is 0 Å². The van der Waals surface area contributed by atoms with E-state index in [0.29, 0.717) is 5.82 Å². The molecule has 0 amide bonds. The molecule has 0 unspecified atom stereocenters. The Morgan fingerprint density at radius 3 is 1.90 bits per heavy atom. The second-order valence-electron chi connectivity index (χ2n) is 15.9. The SMILES string of the molecule is c1ccc(-c2cc(-c3ccccc3)nc(-n3c4ccccc4c4ccc(-c5ccnc(-c6ccc7c(c6)c6ccccc6n7-c6ccc7sc8ccncc8c7c6)n5)cc43)c2)cc1. The Kier molecular flexibility index (Phi) is 7.98. The van der Waals surface area contributed by atoms with Crippen LogP contribution in [-0.2, 0) is 0 Å². The minimum absolute atomic E-state index is 0.676. The van der Waals surface area contributed by atoms with E-state index in [9.17, 15) is 0 Å². The summed E-state index contributed by atoms with van der Waals surface area (Å²) in [5.74, 6) is 1.53. The van der Waals surface area contributed by atoms with Crippen molar-refractivity contribution in [2.45, 2.75) is 0 Å². The molecule has 6 nitrogen and oxygen atoms in total. The number of rotatable bonds is 6. The number of nitrogens with zero attached hydrogens (tertiary/aromatic N) is 6. The van der Waals surface area contributed by atoms with E-state index in [1.54, 1.807) is 11.3 Å². The first-order valence-corrected chi connectivity index (χ1v) is 21.8. The fraction of sp³-hybridized carbons (Fsp3) is 0. The van der Waals surface area contributed by atoms with Crippen molar-refractivity contribution in [1.29, 1.82) is 0 Å². The van der Waals surface area contributed by atoms with E-state index in [-0.39, 0.29) is 0 Å². The predicted molar refractivity (Wildman–Crippen MR) is 261 cm³/mol. The summed E-state index contributed by atoms with van der Waals surface area (Å²) in [6, 6.07) is 66.7. The van der Waals surface area contributed by atoms with Crippen molar-refractivity contribution < 1.29 is 0 Å². The maximum atomic E-state index is 5.35.